The normalized spacial score (nSPS) is 12.3. The summed E-state index contributed by atoms with van der Waals surface area (Å²) in [5.74, 6) is -0.350. The van der Waals surface area contributed by atoms with Crippen LogP contribution in [-0.4, -0.2) is 36.8 Å². The third-order valence-electron chi connectivity index (χ3n) is 2.35. The van der Waals surface area contributed by atoms with Crippen molar-refractivity contribution in [3.8, 4) is 0 Å². The molecule has 5 heteroatoms. The minimum absolute atomic E-state index is 0.262. The summed E-state index contributed by atoms with van der Waals surface area (Å²) in [6.07, 6.45) is -0.306. The van der Waals surface area contributed by atoms with Crippen LogP contribution in [0.2, 0.25) is 0 Å². The fourth-order valence-corrected chi connectivity index (χ4v) is 1.43. The van der Waals surface area contributed by atoms with E-state index in [9.17, 15) is 9.90 Å². The Balaban J connectivity index is 2.03. The van der Waals surface area contributed by atoms with E-state index >= 15 is 0 Å². The summed E-state index contributed by atoms with van der Waals surface area (Å²) in [5.41, 5.74) is 6.06. The summed E-state index contributed by atoms with van der Waals surface area (Å²) in [5, 5.41) is 12.5. The topological polar surface area (TPSA) is 84.6 Å². The van der Waals surface area contributed by atoms with Crippen LogP contribution in [0.3, 0.4) is 0 Å². The van der Waals surface area contributed by atoms with Crippen LogP contribution in [-0.2, 0) is 16.1 Å². The molecule has 1 rings (SSSR count). The molecule has 1 amide bonds. The molecular formula is C13H20N2O3. The molecule has 0 aromatic heterocycles. The number of ether oxygens (including phenoxy) is 1. The molecule has 1 unspecified atom stereocenters. The minimum Gasteiger partial charge on any atom is -0.389 e. The van der Waals surface area contributed by atoms with Crippen LogP contribution < -0.4 is 11.1 Å². The van der Waals surface area contributed by atoms with Crippen molar-refractivity contribution in [2.24, 2.45) is 5.73 Å². The summed E-state index contributed by atoms with van der Waals surface area (Å²) < 4.78 is 5.38. The van der Waals surface area contributed by atoms with E-state index < -0.39 is 6.10 Å². The lowest BCUT2D eigenvalue weighted by atomic mass is 10.2. The second-order valence-corrected chi connectivity index (χ2v) is 4.07. The number of aliphatic hydroxyl groups is 1. The maximum atomic E-state index is 10.5. The number of nitrogens with two attached hydrogens (primary N) is 1. The molecule has 1 atom stereocenters. The first-order valence-corrected chi connectivity index (χ1v) is 5.97. The lowest BCUT2D eigenvalue weighted by molar-refractivity contribution is -0.117. The Morgan fingerprint density at radius 3 is 2.78 bits per heavy atom. The first-order valence-electron chi connectivity index (χ1n) is 5.97. The van der Waals surface area contributed by atoms with Gasteiger partial charge in [-0.1, -0.05) is 30.3 Å². The van der Waals surface area contributed by atoms with E-state index in [1.165, 1.54) is 0 Å². The fraction of sp³-hybridized carbons (Fsp3) is 0.462. The zero-order valence-corrected chi connectivity index (χ0v) is 10.3. The molecule has 0 aliphatic heterocycles. The third-order valence-corrected chi connectivity index (χ3v) is 2.35. The highest BCUT2D eigenvalue weighted by atomic mass is 16.5. The van der Waals surface area contributed by atoms with Crippen LogP contribution in [0.5, 0.6) is 0 Å². The van der Waals surface area contributed by atoms with Crippen LogP contribution in [0.25, 0.3) is 0 Å². The SMILES string of the molecule is NC(=O)CCNCC(O)COCc1ccccc1. The number of primary amides is 1. The minimum atomic E-state index is -0.582. The first kappa shape index (κ1) is 14.6. The number of nitrogens with one attached hydrogen (secondary N) is 1. The highest BCUT2D eigenvalue weighted by Crippen LogP contribution is 2.00. The maximum Gasteiger partial charge on any atom is 0.218 e. The lowest BCUT2D eigenvalue weighted by Gasteiger charge is -2.12. The number of carbonyl (C=O) groups is 1. The first-order chi connectivity index (χ1) is 8.68. The van der Waals surface area contributed by atoms with Crippen molar-refractivity contribution in [2.75, 3.05) is 19.7 Å². The van der Waals surface area contributed by atoms with Crippen LogP contribution in [0.4, 0.5) is 0 Å². The van der Waals surface area contributed by atoms with Crippen LogP contribution >= 0.6 is 0 Å². The van der Waals surface area contributed by atoms with Gasteiger partial charge in [0.1, 0.15) is 0 Å². The molecule has 0 bridgehead atoms. The van der Waals surface area contributed by atoms with E-state index in [-0.39, 0.29) is 18.9 Å². The second kappa shape index (κ2) is 8.63. The van der Waals surface area contributed by atoms with Crippen molar-refractivity contribution >= 4 is 5.91 Å². The summed E-state index contributed by atoms with van der Waals surface area (Å²) in [6.45, 7) is 1.62. The van der Waals surface area contributed by atoms with E-state index in [2.05, 4.69) is 5.32 Å². The molecule has 0 aliphatic carbocycles. The van der Waals surface area contributed by atoms with Crippen LogP contribution in [0, 0.1) is 0 Å². The fourth-order valence-electron chi connectivity index (χ4n) is 1.43. The lowest BCUT2D eigenvalue weighted by Crippen LogP contribution is -2.32. The van der Waals surface area contributed by atoms with Gasteiger partial charge in [-0.25, -0.2) is 0 Å². The highest BCUT2D eigenvalue weighted by molar-refractivity contribution is 5.73. The Labute approximate surface area is 107 Å². The van der Waals surface area contributed by atoms with Gasteiger partial charge in [-0.2, -0.15) is 0 Å². The molecule has 1 aromatic rings. The summed E-state index contributed by atoms with van der Waals surface area (Å²) >= 11 is 0. The van der Waals surface area contributed by atoms with Gasteiger partial charge < -0.3 is 20.9 Å². The van der Waals surface area contributed by atoms with Crippen LogP contribution in [0.15, 0.2) is 30.3 Å². The van der Waals surface area contributed by atoms with Gasteiger partial charge in [-0.05, 0) is 5.56 Å². The summed E-state index contributed by atoms with van der Waals surface area (Å²) in [4.78, 5) is 10.5. The summed E-state index contributed by atoms with van der Waals surface area (Å²) in [7, 11) is 0. The molecule has 0 aliphatic rings. The number of amides is 1. The number of hydrogen-bond acceptors (Lipinski definition) is 4. The van der Waals surface area contributed by atoms with Gasteiger partial charge in [-0.3, -0.25) is 4.79 Å². The zero-order chi connectivity index (χ0) is 13.2. The Hall–Kier alpha value is -1.43. The van der Waals surface area contributed by atoms with Gasteiger partial charge >= 0.3 is 0 Å². The van der Waals surface area contributed by atoms with Crippen molar-refractivity contribution in [1.82, 2.24) is 5.32 Å². The Bertz CT molecular complexity index is 343. The number of benzene rings is 1. The van der Waals surface area contributed by atoms with Crippen LogP contribution in [0.1, 0.15) is 12.0 Å². The van der Waals surface area contributed by atoms with E-state index in [1.54, 1.807) is 0 Å². The van der Waals surface area contributed by atoms with Gasteiger partial charge in [0.25, 0.3) is 0 Å². The van der Waals surface area contributed by atoms with Crippen molar-refractivity contribution in [1.29, 1.82) is 0 Å². The Morgan fingerprint density at radius 1 is 1.39 bits per heavy atom. The monoisotopic (exact) mass is 252 g/mol. The quantitative estimate of drug-likeness (QED) is 0.541. The second-order valence-electron chi connectivity index (χ2n) is 4.07. The van der Waals surface area contributed by atoms with Gasteiger partial charge in [0.2, 0.25) is 5.91 Å². The van der Waals surface area contributed by atoms with E-state index in [0.717, 1.165) is 5.56 Å². The molecular weight excluding hydrogens is 232 g/mol. The number of hydrogen-bond donors (Lipinski definition) is 3. The van der Waals surface area contributed by atoms with E-state index in [1.807, 2.05) is 30.3 Å². The number of aliphatic hydroxyl groups excluding tert-OH is 1. The van der Waals surface area contributed by atoms with Crippen molar-refractivity contribution in [3.63, 3.8) is 0 Å². The average molecular weight is 252 g/mol. The van der Waals surface area contributed by atoms with Gasteiger partial charge in [0.15, 0.2) is 0 Å². The predicted molar refractivity (Wildman–Crippen MR) is 68.8 cm³/mol. The highest BCUT2D eigenvalue weighted by Gasteiger charge is 2.04. The Kier molecular flexibility index (Phi) is 7.01. The molecule has 100 valence electrons. The molecule has 5 nitrogen and oxygen atoms in total. The predicted octanol–water partition coefficient (Wildman–Crippen LogP) is 0.0291. The smallest absolute Gasteiger partial charge is 0.218 e. The molecule has 0 saturated heterocycles. The van der Waals surface area contributed by atoms with Crippen molar-refractivity contribution < 1.29 is 14.6 Å². The number of carbonyl (C=O) groups excluding carboxylic acids is 1. The Morgan fingerprint density at radius 2 is 2.11 bits per heavy atom. The van der Waals surface area contributed by atoms with E-state index in [0.29, 0.717) is 19.7 Å². The van der Waals surface area contributed by atoms with Crippen molar-refractivity contribution in [2.45, 2.75) is 19.1 Å². The van der Waals surface area contributed by atoms with Crippen molar-refractivity contribution in [3.05, 3.63) is 35.9 Å². The largest absolute Gasteiger partial charge is 0.389 e. The standard InChI is InChI=1S/C13H20N2O3/c14-13(17)6-7-15-8-12(16)10-18-9-11-4-2-1-3-5-11/h1-5,12,15-16H,6-10H2,(H2,14,17). The summed E-state index contributed by atoms with van der Waals surface area (Å²) in [6, 6.07) is 9.77. The van der Waals surface area contributed by atoms with Gasteiger partial charge in [0.05, 0.1) is 19.3 Å². The maximum absolute atomic E-state index is 10.5. The third kappa shape index (κ3) is 7.01. The molecule has 0 radical (unpaired) electrons. The molecule has 0 heterocycles. The van der Waals surface area contributed by atoms with Gasteiger partial charge in [-0.15, -0.1) is 0 Å². The van der Waals surface area contributed by atoms with Gasteiger partial charge in [0, 0.05) is 19.5 Å². The molecule has 18 heavy (non-hydrogen) atoms. The zero-order valence-electron chi connectivity index (χ0n) is 10.3. The molecule has 0 fully saturated rings. The molecule has 4 N–H and O–H groups in total. The number of rotatable bonds is 9. The molecule has 0 spiro atoms. The molecule has 1 aromatic carbocycles. The average Bonchev–Trinajstić information content (AvgIpc) is 2.36. The van der Waals surface area contributed by atoms with E-state index in [4.69, 9.17) is 10.5 Å². The molecule has 0 saturated carbocycles.